The molecular weight excluding hydrogens is 522 g/mol. The molecule has 40 heavy (non-hydrogen) atoms. The fourth-order valence-corrected chi connectivity index (χ4v) is 5.89. The molecule has 1 aliphatic heterocycles. The lowest BCUT2D eigenvalue weighted by Gasteiger charge is -2.15. The first-order chi connectivity index (χ1) is 19.3. The van der Waals surface area contributed by atoms with Crippen LogP contribution in [-0.4, -0.2) is 37.3 Å². The van der Waals surface area contributed by atoms with E-state index in [9.17, 15) is 13.2 Å². The molecule has 8 nitrogen and oxygen atoms in total. The Morgan fingerprint density at radius 2 is 1.75 bits per heavy atom. The fourth-order valence-electron chi connectivity index (χ4n) is 4.77. The molecule has 0 atom stereocenters. The average Bonchev–Trinajstić information content (AvgIpc) is 2.94. The van der Waals surface area contributed by atoms with Crippen molar-refractivity contribution < 1.29 is 13.2 Å². The molecule has 4 aromatic rings. The van der Waals surface area contributed by atoms with E-state index in [-0.39, 0.29) is 10.7 Å². The number of fused-ring (bicyclic) bond motifs is 4. The van der Waals surface area contributed by atoms with Gasteiger partial charge in [0, 0.05) is 42.5 Å². The molecule has 1 aliphatic rings. The lowest BCUT2D eigenvalue weighted by atomic mass is 9.97. The van der Waals surface area contributed by atoms with Gasteiger partial charge in [0.25, 0.3) is 0 Å². The number of carbonyl (C=O) groups is 1. The third-order valence-electron chi connectivity index (χ3n) is 6.97. The molecule has 0 saturated carbocycles. The second kappa shape index (κ2) is 12.0. The molecule has 9 heteroatoms. The van der Waals surface area contributed by atoms with Gasteiger partial charge < -0.3 is 10.6 Å². The summed E-state index contributed by atoms with van der Waals surface area (Å²) in [6.07, 6.45) is 4.34. The van der Waals surface area contributed by atoms with Crippen LogP contribution in [0.3, 0.4) is 0 Å². The number of aromatic nitrogens is 2. The SMILES string of the molecule is Cc1ccc(C(=O)CCc2ccc(-c3cnc4nc3NCCCCNS(=O)(=O)c3cccc(c3)N4)cc2)c(C)c1. The molecule has 0 unspecified atom stereocenters. The van der Waals surface area contributed by atoms with Crippen molar-refractivity contribution in [3.63, 3.8) is 0 Å². The number of carbonyl (C=O) groups excluding carboxylic acids is 1. The van der Waals surface area contributed by atoms with Gasteiger partial charge in [-0.25, -0.2) is 18.1 Å². The first-order valence-electron chi connectivity index (χ1n) is 13.5. The topological polar surface area (TPSA) is 113 Å². The molecule has 0 fully saturated rings. The van der Waals surface area contributed by atoms with E-state index >= 15 is 0 Å². The lowest BCUT2D eigenvalue weighted by molar-refractivity contribution is 0.0982. The van der Waals surface area contributed by atoms with Gasteiger partial charge in [0.05, 0.1) is 4.90 Å². The van der Waals surface area contributed by atoms with Gasteiger partial charge in [0.2, 0.25) is 16.0 Å². The maximum absolute atomic E-state index is 12.8. The molecule has 4 bridgehead atoms. The zero-order chi connectivity index (χ0) is 28.1. The van der Waals surface area contributed by atoms with Crippen LogP contribution in [0.1, 0.15) is 46.3 Å². The summed E-state index contributed by atoms with van der Waals surface area (Å²) in [6, 6.07) is 20.7. The molecule has 206 valence electrons. The van der Waals surface area contributed by atoms with Crippen molar-refractivity contribution in [3.8, 4) is 11.1 Å². The number of sulfonamides is 1. The predicted octanol–water partition coefficient (Wildman–Crippen LogP) is 5.80. The Bertz CT molecular complexity index is 1640. The average molecular weight is 556 g/mol. The molecule has 0 aliphatic carbocycles. The minimum absolute atomic E-state index is 0.155. The summed E-state index contributed by atoms with van der Waals surface area (Å²) in [4.78, 5) is 22.2. The number of Topliss-reactive ketones (excluding diaryl/α,β-unsaturated/α-hetero) is 1. The van der Waals surface area contributed by atoms with Crippen LogP contribution < -0.4 is 15.4 Å². The highest BCUT2D eigenvalue weighted by molar-refractivity contribution is 7.89. The normalized spacial score (nSPS) is 14.8. The Balaban J connectivity index is 1.34. The number of rotatable bonds is 5. The second-order valence-electron chi connectivity index (χ2n) is 10.1. The zero-order valence-corrected chi connectivity index (χ0v) is 23.5. The number of hydrogen-bond acceptors (Lipinski definition) is 7. The van der Waals surface area contributed by atoms with Crippen LogP contribution >= 0.6 is 0 Å². The minimum Gasteiger partial charge on any atom is -0.369 e. The van der Waals surface area contributed by atoms with Gasteiger partial charge in [0.1, 0.15) is 5.82 Å². The predicted molar refractivity (Wildman–Crippen MR) is 159 cm³/mol. The summed E-state index contributed by atoms with van der Waals surface area (Å²) in [7, 11) is -3.58. The zero-order valence-electron chi connectivity index (χ0n) is 22.7. The quantitative estimate of drug-likeness (QED) is 0.267. The van der Waals surface area contributed by atoms with Crippen LogP contribution in [0.4, 0.5) is 17.5 Å². The van der Waals surface area contributed by atoms with Crippen LogP contribution in [0.5, 0.6) is 0 Å². The largest absolute Gasteiger partial charge is 0.369 e. The van der Waals surface area contributed by atoms with Crippen molar-refractivity contribution in [1.82, 2.24) is 14.7 Å². The van der Waals surface area contributed by atoms with E-state index < -0.39 is 10.0 Å². The highest BCUT2D eigenvalue weighted by atomic mass is 32.2. The number of anilines is 3. The van der Waals surface area contributed by atoms with Gasteiger partial charge in [-0.3, -0.25) is 4.79 Å². The monoisotopic (exact) mass is 555 g/mol. The Hall–Kier alpha value is -4.08. The first-order valence-corrected chi connectivity index (χ1v) is 14.9. The van der Waals surface area contributed by atoms with Crippen molar-refractivity contribution in [2.45, 2.75) is 44.4 Å². The summed E-state index contributed by atoms with van der Waals surface area (Å²) >= 11 is 0. The Morgan fingerprint density at radius 1 is 0.950 bits per heavy atom. The summed E-state index contributed by atoms with van der Waals surface area (Å²) in [5.74, 6) is 1.22. The summed E-state index contributed by atoms with van der Waals surface area (Å²) in [5, 5.41) is 6.53. The first kappa shape index (κ1) is 27.5. The standard InChI is InChI=1S/C31H33N5O3S/c1-21-8-14-27(22(2)18-21)29(37)15-11-23-9-12-24(13-10-23)28-20-33-31-35-25-6-5-7-26(19-25)40(38,39)34-17-4-3-16-32-30(28)36-31/h5-10,12-14,18-20,34H,3-4,11,15-17H2,1-2H3,(H2,32,33,35,36). The van der Waals surface area contributed by atoms with Crippen LogP contribution in [0, 0.1) is 13.8 Å². The maximum atomic E-state index is 12.8. The van der Waals surface area contributed by atoms with E-state index in [0.29, 0.717) is 49.8 Å². The number of nitrogens with zero attached hydrogens (tertiary/aromatic N) is 2. The third-order valence-corrected chi connectivity index (χ3v) is 8.42. The van der Waals surface area contributed by atoms with Crippen LogP contribution in [0.15, 0.2) is 77.8 Å². The van der Waals surface area contributed by atoms with Crippen molar-refractivity contribution in [3.05, 3.63) is 95.2 Å². The molecule has 1 aromatic heterocycles. The number of hydrogen-bond donors (Lipinski definition) is 3. The number of ketones is 1. The molecule has 2 heterocycles. The maximum Gasteiger partial charge on any atom is 0.240 e. The lowest BCUT2D eigenvalue weighted by Crippen LogP contribution is -2.25. The van der Waals surface area contributed by atoms with E-state index in [0.717, 1.165) is 39.8 Å². The van der Waals surface area contributed by atoms with Crippen molar-refractivity contribution >= 4 is 33.3 Å². The van der Waals surface area contributed by atoms with Crippen LogP contribution in [0.25, 0.3) is 11.1 Å². The fraction of sp³-hybridized carbons (Fsp3) is 0.258. The molecule has 0 spiro atoms. The molecule has 3 N–H and O–H groups in total. The van der Waals surface area contributed by atoms with E-state index in [1.807, 2.05) is 56.3 Å². The molecule has 0 amide bonds. The van der Waals surface area contributed by atoms with Crippen LogP contribution in [-0.2, 0) is 16.4 Å². The molecule has 0 radical (unpaired) electrons. The van der Waals surface area contributed by atoms with Crippen molar-refractivity contribution in [2.24, 2.45) is 0 Å². The highest BCUT2D eigenvalue weighted by Gasteiger charge is 2.16. The van der Waals surface area contributed by atoms with Gasteiger partial charge >= 0.3 is 0 Å². The van der Waals surface area contributed by atoms with Gasteiger partial charge in [-0.05, 0) is 68.0 Å². The number of aryl methyl sites for hydroxylation is 3. The van der Waals surface area contributed by atoms with Gasteiger partial charge in [0.15, 0.2) is 5.78 Å². The van der Waals surface area contributed by atoms with E-state index in [4.69, 9.17) is 4.98 Å². The second-order valence-corrected chi connectivity index (χ2v) is 11.8. The molecule has 0 saturated heterocycles. The van der Waals surface area contributed by atoms with E-state index in [1.54, 1.807) is 30.5 Å². The molecule has 3 aromatic carbocycles. The molecular formula is C31H33N5O3S. The summed E-state index contributed by atoms with van der Waals surface area (Å²) in [6.45, 7) is 5.01. The number of nitrogens with one attached hydrogen (secondary N) is 3. The van der Waals surface area contributed by atoms with Gasteiger partial charge in [-0.1, -0.05) is 54.1 Å². The van der Waals surface area contributed by atoms with Crippen molar-refractivity contribution in [1.29, 1.82) is 0 Å². The Kier molecular flexibility index (Phi) is 8.23. The smallest absolute Gasteiger partial charge is 0.240 e. The summed E-state index contributed by atoms with van der Waals surface area (Å²) in [5.41, 5.74) is 6.47. The van der Waals surface area contributed by atoms with E-state index in [1.165, 1.54) is 0 Å². The van der Waals surface area contributed by atoms with E-state index in [2.05, 4.69) is 20.3 Å². The van der Waals surface area contributed by atoms with Gasteiger partial charge in [-0.2, -0.15) is 4.98 Å². The third kappa shape index (κ3) is 6.55. The van der Waals surface area contributed by atoms with Crippen LogP contribution in [0.2, 0.25) is 0 Å². The van der Waals surface area contributed by atoms with Crippen molar-refractivity contribution in [2.75, 3.05) is 23.7 Å². The minimum atomic E-state index is -3.58. The van der Waals surface area contributed by atoms with Gasteiger partial charge in [-0.15, -0.1) is 0 Å². The molecule has 5 rings (SSSR count). The number of benzene rings is 3. The Labute approximate surface area is 235 Å². The Morgan fingerprint density at radius 3 is 2.55 bits per heavy atom. The summed E-state index contributed by atoms with van der Waals surface area (Å²) < 4.78 is 27.9. The highest BCUT2D eigenvalue weighted by Crippen LogP contribution is 2.29.